The smallest absolute Gasteiger partial charge is 0.406 e. The molecular formula is C31H36Cl2FN7O5. The number of hydrogen-bond donors (Lipinski definition) is 2. The van der Waals surface area contributed by atoms with Crippen LogP contribution in [0.4, 0.5) is 15.1 Å². The molecule has 0 saturated carbocycles. The predicted molar refractivity (Wildman–Crippen MR) is 171 cm³/mol. The number of likely N-dealkylation sites (tertiary alicyclic amines) is 1. The van der Waals surface area contributed by atoms with Crippen molar-refractivity contribution in [3.05, 3.63) is 58.3 Å². The highest BCUT2D eigenvalue weighted by Gasteiger charge is 2.35. The van der Waals surface area contributed by atoms with Gasteiger partial charge < -0.3 is 24.8 Å². The Hall–Kier alpha value is -3.78. The minimum absolute atomic E-state index is 0.0930. The molecule has 15 heteroatoms. The molecule has 2 aromatic heterocycles. The normalized spacial score (nSPS) is 17.0. The molecule has 1 aromatic carbocycles. The summed E-state index contributed by atoms with van der Waals surface area (Å²) in [5.74, 6) is 0.496. The van der Waals surface area contributed by atoms with Crippen molar-refractivity contribution in [2.24, 2.45) is 0 Å². The predicted octanol–water partition coefficient (Wildman–Crippen LogP) is 4.89. The molecule has 246 valence electrons. The first-order chi connectivity index (χ1) is 22.1. The number of aromatic nitrogens is 3. The number of rotatable bonds is 11. The molecule has 1 amide bonds. The first-order valence-electron chi connectivity index (χ1n) is 15.0. The van der Waals surface area contributed by atoms with Crippen LogP contribution in [0, 0.1) is 0 Å². The number of carboxylic acids is 1. The number of anilines is 1. The molecule has 12 nitrogen and oxygen atoms in total. The van der Waals surface area contributed by atoms with Gasteiger partial charge >= 0.3 is 12.1 Å². The number of hydrogen-bond acceptors (Lipinski definition) is 10. The van der Waals surface area contributed by atoms with Gasteiger partial charge in [0, 0.05) is 74.0 Å². The molecule has 2 aliphatic heterocycles. The Morgan fingerprint density at radius 2 is 1.65 bits per heavy atom. The van der Waals surface area contributed by atoms with Crippen LogP contribution in [0.3, 0.4) is 0 Å². The minimum atomic E-state index is -1.50. The van der Waals surface area contributed by atoms with Crippen LogP contribution >= 0.6 is 23.2 Å². The number of aliphatic carboxylic acids is 1. The fourth-order valence-electron chi connectivity index (χ4n) is 5.47. The number of piperazine rings is 1. The van der Waals surface area contributed by atoms with E-state index in [9.17, 15) is 9.59 Å². The maximum absolute atomic E-state index is 15.3. The van der Waals surface area contributed by atoms with E-state index < -0.39 is 17.7 Å². The Morgan fingerprint density at radius 1 is 0.978 bits per heavy atom. The zero-order chi connectivity index (χ0) is 32.7. The number of carboxylic acid groups (broad SMARTS) is 1. The van der Waals surface area contributed by atoms with E-state index in [-0.39, 0.29) is 25.8 Å². The van der Waals surface area contributed by atoms with Gasteiger partial charge in [0.2, 0.25) is 11.8 Å². The van der Waals surface area contributed by atoms with Gasteiger partial charge in [-0.05, 0) is 42.7 Å². The van der Waals surface area contributed by atoms with Crippen molar-refractivity contribution < 1.29 is 28.6 Å². The Labute approximate surface area is 276 Å². The van der Waals surface area contributed by atoms with E-state index in [0.717, 1.165) is 18.7 Å². The van der Waals surface area contributed by atoms with Crippen LogP contribution in [0.15, 0.2) is 42.7 Å². The van der Waals surface area contributed by atoms with E-state index >= 15 is 4.39 Å². The molecule has 2 N–H and O–H groups in total. The van der Waals surface area contributed by atoms with Crippen molar-refractivity contribution in [2.75, 3.05) is 64.4 Å². The monoisotopic (exact) mass is 675 g/mol. The van der Waals surface area contributed by atoms with Gasteiger partial charge in [-0.2, -0.15) is 0 Å². The van der Waals surface area contributed by atoms with Crippen LogP contribution < -0.4 is 15.0 Å². The Balaban J connectivity index is 1.27. The van der Waals surface area contributed by atoms with Gasteiger partial charge in [0.1, 0.15) is 5.67 Å². The lowest BCUT2D eigenvalue weighted by molar-refractivity contribution is -0.137. The van der Waals surface area contributed by atoms with E-state index in [1.54, 1.807) is 30.6 Å². The van der Waals surface area contributed by atoms with E-state index in [0.29, 0.717) is 78.1 Å². The van der Waals surface area contributed by atoms with Gasteiger partial charge in [-0.1, -0.05) is 23.2 Å². The minimum Gasteiger partial charge on any atom is -0.481 e. The number of nitrogens with one attached hydrogen (secondary N) is 1. The zero-order valence-electron chi connectivity index (χ0n) is 25.4. The van der Waals surface area contributed by atoms with Crippen LogP contribution in [0.5, 0.6) is 11.6 Å². The summed E-state index contributed by atoms with van der Waals surface area (Å²) < 4.78 is 26.0. The largest absolute Gasteiger partial charge is 0.481 e. The summed E-state index contributed by atoms with van der Waals surface area (Å²) in [4.78, 5) is 42.3. The molecule has 3 aromatic rings. The van der Waals surface area contributed by atoms with Crippen LogP contribution in [0.1, 0.15) is 24.8 Å². The molecule has 0 unspecified atom stereocenters. The van der Waals surface area contributed by atoms with Crippen molar-refractivity contribution in [2.45, 2.75) is 31.5 Å². The van der Waals surface area contributed by atoms with Gasteiger partial charge in [-0.3, -0.25) is 14.6 Å². The van der Waals surface area contributed by atoms with Crippen LogP contribution in [0.2, 0.25) is 10.0 Å². The molecule has 4 heterocycles. The average molecular weight is 677 g/mol. The highest BCUT2D eigenvalue weighted by atomic mass is 35.5. The molecule has 2 aliphatic rings. The highest BCUT2D eigenvalue weighted by Crippen LogP contribution is 2.32. The highest BCUT2D eigenvalue weighted by molar-refractivity contribution is 6.35. The first-order valence-corrected chi connectivity index (χ1v) is 15.7. The summed E-state index contributed by atoms with van der Waals surface area (Å²) >= 11 is 12.6. The fraction of sp³-hybridized carbons (Fsp3) is 0.452. The van der Waals surface area contributed by atoms with Gasteiger partial charge in [-0.15, -0.1) is 0 Å². The van der Waals surface area contributed by atoms with Crippen molar-refractivity contribution in [1.29, 1.82) is 0 Å². The number of carbonyl (C=O) groups excluding carboxylic acids is 1. The van der Waals surface area contributed by atoms with E-state index in [1.807, 2.05) is 12.1 Å². The molecule has 0 atom stereocenters. The Kier molecular flexibility index (Phi) is 11.1. The molecule has 46 heavy (non-hydrogen) atoms. The first kappa shape index (κ1) is 33.6. The van der Waals surface area contributed by atoms with Gasteiger partial charge in [0.15, 0.2) is 5.75 Å². The number of pyridine rings is 1. The second-order valence-electron chi connectivity index (χ2n) is 11.4. The number of carbonyl (C=O) groups is 2. The van der Waals surface area contributed by atoms with Crippen molar-refractivity contribution in [1.82, 2.24) is 30.1 Å². The number of alkyl carbamates (subject to hydrolysis) is 1. The summed E-state index contributed by atoms with van der Waals surface area (Å²) in [6, 6.07) is 8.95. The summed E-state index contributed by atoms with van der Waals surface area (Å²) in [6.07, 6.45) is 3.20. The maximum atomic E-state index is 15.3. The van der Waals surface area contributed by atoms with Gasteiger partial charge in [0.25, 0.3) is 0 Å². The summed E-state index contributed by atoms with van der Waals surface area (Å²) in [7, 11) is 1.25. The number of benzene rings is 1. The Morgan fingerprint density at radius 3 is 2.28 bits per heavy atom. The number of alkyl halides is 1. The SMILES string of the molecule is COC(=O)NCC1(F)CCN(Cc2cc(Oc3cnc(N4CCN(CCC(=O)O)CC4)nc3)nc(-c3cc(Cl)cc(Cl)c3)c2)CC1. The zero-order valence-corrected chi connectivity index (χ0v) is 26.9. The van der Waals surface area contributed by atoms with Gasteiger partial charge in [-0.25, -0.2) is 24.1 Å². The topological polar surface area (TPSA) is 133 Å². The third kappa shape index (κ3) is 9.38. The molecule has 0 spiro atoms. The molecular weight excluding hydrogens is 640 g/mol. The number of nitrogens with zero attached hydrogens (tertiary/aromatic N) is 6. The quantitative estimate of drug-likeness (QED) is 0.288. The van der Waals surface area contributed by atoms with Crippen molar-refractivity contribution in [3.63, 3.8) is 0 Å². The maximum Gasteiger partial charge on any atom is 0.406 e. The molecule has 2 saturated heterocycles. The number of halogens is 3. The Bertz CT molecular complexity index is 1500. The van der Waals surface area contributed by atoms with Crippen molar-refractivity contribution >= 4 is 41.2 Å². The fourth-order valence-corrected chi connectivity index (χ4v) is 6.00. The van der Waals surface area contributed by atoms with E-state index in [4.69, 9.17) is 38.0 Å². The third-order valence-electron chi connectivity index (χ3n) is 8.05. The number of piperidine rings is 1. The molecule has 5 rings (SSSR count). The second-order valence-corrected chi connectivity index (χ2v) is 12.3. The van der Waals surface area contributed by atoms with E-state index in [2.05, 4.69) is 34.7 Å². The molecule has 2 fully saturated rings. The van der Waals surface area contributed by atoms with Crippen LogP contribution in [-0.4, -0.2) is 107 Å². The molecule has 0 aliphatic carbocycles. The van der Waals surface area contributed by atoms with E-state index in [1.165, 1.54) is 7.11 Å². The van der Waals surface area contributed by atoms with Gasteiger partial charge in [0.05, 0.1) is 38.2 Å². The summed E-state index contributed by atoms with van der Waals surface area (Å²) in [6.45, 7) is 4.80. The van der Waals surface area contributed by atoms with Crippen LogP contribution in [-0.2, 0) is 16.1 Å². The van der Waals surface area contributed by atoms with Crippen molar-refractivity contribution in [3.8, 4) is 22.9 Å². The second kappa shape index (κ2) is 15.2. The standard InChI is InChI=1S/C31H36Cl2FN7O5/c1-45-30(44)37-20-31(34)3-6-40(7-4-31)19-21-12-26(22-14-23(32)16-24(33)15-22)38-27(13-21)46-25-17-35-29(36-18-25)41-10-8-39(9-11-41)5-2-28(42)43/h12-18H,2-11,19-20H2,1H3,(H,37,44)(H,42,43). The average Bonchev–Trinajstić information content (AvgIpc) is 3.04. The number of methoxy groups -OCH3 is 1. The summed E-state index contributed by atoms with van der Waals surface area (Å²) in [5, 5.41) is 12.3. The molecule has 0 radical (unpaired) electrons. The summed E-state index contributed by atoms with van der Waals surface area (Å²) in [5.41, 5.74) is 0.719. The molecule has 0 bridgehead atoms. The van der Waals surface area contributed by atoms with Crippen LogP contribution in [0.25, 0.3) is 11.3 Å². The number of amides is 1. The lowest BCUT2D eigenvalue weighted by atomic mass is 9.93. The lowest BCUT2D eigenvalue weighted by Crippen LogP contribution is -2.48. The third-order valence-corrected chi connectivity index (χ3v) is 8.48. The lowest BCUT2D eigenvalue weighted by Gasteiger charge is -2.36. The number of ether oxygens (including phenoxy) is 2.